The molecule has 8 aromatic rings. The third-order valence-corrected chi connectivity index (χ3v) is 10.4. The molecule has 0 N–H and O–H groups in total. The van der Waals surface area contributed by atoms with Gasteiger partial charge in [0.2, 0.25) is 0 Å². The lowest BCUT2D eigenvalue weighted by Gasteiger charge is -2.26. The SMILES string of the molecule is C1=Cc2c(oc3ccc(N(c4ccc(-c5ccccc5)cc4)c4ccc(-c5cc6oc7c(c6cc5-c5ccccc5)C=CCC7)cc4)cc23)CC1. The minimum Gasteiger partial charge on any atom is -0.460 e. The quantitative estimate of drug-likeness (QED) is 0.178. The largest absolute Gasteiger partial charge is 0.460 e. The normalized spacial score (nSPS) is 13.4. The number of fused-ring (bicyclic) bond motifs is 6. The number of hydrogen-bond acceptors (Lipinski definition) is 3. The fourth-order valence-electron chi connectivity index (χ4n) is 7.84. The van der Waals surface area contributed by atoms with Gasteiger partial charge in [0.1, 0.15) is 22.7 Å². The summed E-state index contributed by atoms with van der Waals surface area (Å²) in [6.45, 7) is 0. The first kappa shape index (κ1) is 29.6. The summed E-state index contributed by atoms with van der Waals surface area (Å²) in [6.07, 6.45) is 12.9. The van der Waals surface area contributed by atoms with Gasteiger partial charge >= 0.3 is 0 Å². The molecule has 2 aromatic heterocycles. The van der Waals surface area contributed by atoms with Crippen LogP contribution in [0.3, 0.4) is 0 Å². The molecule has 2 aliphatic rings. The molecule has 0 saturated carbocycles. The van der Waals surface area contributed by atoms with Crippen LogP contribution in [0.25, 0.3) is 67.5 Å². The van der Waals surface area contributed by atoms with Gasteiger partial charge in [0.25, 0.3) is 0 Å². The topological polar surface area (TPSA) is 29.5 Å². The average molecular weight is 658 g/mol. The molecule has 51 heavy (non-hydrogen) atoms. The standard InChI is InChI=1S/C48H35NO2/c1-3-11-32(12-4-1)33-19-23-36(24-20-33)49(38-27-28-47-43(29-38)39-15-7-9-17-45(39)50-47)37-25-21-35(22-26-37)42-31-48-44(40-16-8-10-18-46(40)51-48)30-41(42)34-13-5-2-6-14-34/h1-8,11-16,19-31H,9-10,17-18H2. The van der Waals surface area contributed by atoms with Crippen LogP contribution >= 0.6 is 0 Å². The van der Waals surface area contributed by atoms with Crippen molar-refractivity contribution < 1.29 is 8.83 Å². The molecule has 0 bridgehead atoms. The van der Waals surface area contributed by atoms with E-state index in [2.05, 4.69) is 169 Å². The number of benzene rings is 6. The maximum absolute atomic E-state index is 6.46. The van der Waals surface area contributed by atoms with E-state index >= 15 is 0 Å². The van der Waals surface area contributed by atoms with E-state index in [1.54, 1.807) is 0 Å². The molecule has 244 valence electrons. The maximum Gasteiger partial charge on any atom is 0.135 e. The molecule has 2 aliphatic carbocycles. The molecule has 0 saturated heterocycles. The zero-order valence-electron chi connectivity index (χ0n) is 28.2. The highest BCUT2D eigenvalue weighted by Gasteiger charge is 2.21. The molecular formula is C48H35NO2. The van der Waals surface area contributed by atoms with E-state index in [9.17, 15) is 0 Å². The van der Waals surface area contributed by atoms with Crippen LogP contribution in [0.4, 0.5) is 17.1 Å². The number of allylic oxidation sites excluding steroid dienone is 2. The van der Waals surface area contributed by atoms with Crippen molar-refractivity contribution in [2.45, 2.75) is 25.7 Å². The summed E-state index contributed by atoms with van der Waals surface area (Å²) in [5.41, 5.74) is 14.7. The number of anilines is 3. The Kier molecular flexibility index (Phi) is 7.09. The lowest BCUT2D eigenvalue weighted by Crippen LogP contribution is -2.09. The van der Waals surface area contributed by atoms with E-state index in [0.29, 0.717) is 0 Å². The molecule has 10 rings (SSSR count). The lowest BCUT2D eigenvalue weighted by atomic mass is 9.91. The van der Waals surface area contributed by atoms with Gasteiger partial charge in [-0.05, 0) is 101 Å². The minimum absolute atomic E-state index is 0.934. The van der Waals surface area contributed by atoms with Gasteiger partial charge in [0.15, 0.2) is 0 Å². The summed E-state index contributed by atoms with van der Waals surface area (Å²) in [5.74, 6) is 2.16. The molecule has 0 atom stereocenters. The Labute approximate surface area is 297 Å². The van der Waals surface area contributed by atoms with Gasteiger partial charge in [0.05, 0.1) is 0 Å². The second kappa shape index (κ2) is 12.2. The fraction of sp³-hybridized carbons (Fsp3) is 0.0833. The predicted octanol–water partition coefficient (Wildman–Crippen LogP) is 13.6. The summed E-state index contributed by atoms with van der Waals surface area (Å²) in [5, 5.41) is 2.33. The molecule has 3 nitrogen and oxygen atoms in total. The van der Waals surface area contributed by atoms with Gasteiger partial charge in [-0.3, -0.25) is 0 Å². The van der Waals surface area contributed by atoms with E-state index in [1.807, 2.05) is 0 Å². The van der Waals surface area contributed by atoms with Crippen molar-refractivity contribution in [2.24, 2.45) is 0 Å². The van der Waals surface area contributed by atoms with Gasteiger partial charge < -0.3 is 13.7 Å². The molecular weight excluding hydrogens is 623 g/mol. The van der Waals surface area contributed by atoms with E-state index in [1.165, 1.54) is 38.8 Å². The Morgan fingerprint density at radius 2 is 0.902 bits per heavy atom. The molecule has 2 heterocycles. The van der Waals surface area contributed by atoms with Gasteiger partial charge in [-0.15, -0.1) is 0 Å². The number of nitrogens with zero attached hydrogens (tertiary/aromatic N) is 1. The zero-order chi connectivity index (χ0) is 33.7. The van der Waals surface area contributed by atoms with Crippen molar-refractivity contribution in [3.05, 3.63) is 174 Å². The first-order valence-corrected chi connectivity index (χ1v) is 17.9. The predicted molar refractivity (Wildman–Crippen MR) is 212 cm³/mol. The first-order chi connectivity index (χ1) is 25.3. The Morgan fingerprint density at radius 1 is 0.412 bits per heavy atom. The van der Waals surface area contributed by atoms with Crippen LogP contribution in [-0.4, -0.2) is 0 Å². The Bertz CT molecular complexity index is 2600. The van der Waals surface area contributed by atoms with E-state index in [-0.39, 0.29) is 0 Å². The fourth-order valence-corrected chi connectivity index (χ4v) is 7.84. The zero-order valence-corrected chi connectivity index (χ0v) is 28.2. The summed E-state index contributed by atoms with van der Waals surface area (Å²) >= 11 is 0. The summed E-state index contributed by atoms with van der Waals surface area (Å²) in [6, 6.07) is 50.2. The van der Waals surface area contributed by atoms with Crippen LogP contribution in [-0.2, 0) is 12.8 Å². The van der Waals surface area contributed by atoms with Gasteiger partial charge in [0, 0.05) is 51.8 Å². The molecule has 0 amide bonds. The third-order valence-electron chi connectivity index (χ3n) is 10.4. The van der Waals surface area contributed by atoms with Crippen LogP contribution in [0.5, 0.6) is 0 Å². The summed E-state index contributed by atoms with van der Waals surface area (Å²) in [4.78, 5) is 2.35. The van der Waals surface area contributed by atoms with Crippen LogP contribution in [0, 0.1) is 0 Å². The number of rotatable bonds is 6. The summed E-state index contributed by atoms with van der Waals surface area (Å²) in [7, 11) is 0. The van der Waals surface area contributed by atoms with E-state index in [4.69, 9.17) is 8.83 Å². The molecule has 0 radical (unpaired) electrons. The van der Waals surface area contributed by atoms with Crippen molar-refractivity contribution in [2.75, 3.05) is 4.90 Å². The first-order valence-electron chi connectivity index (χ1n) is 17.9. The second-order valence-electron chi connectivity index (χ2n) is 13.5. The average Bonchev–Trinajstić information content (AvgIpc) is 3.76. The Morgan fingerprint density at radius 3 is 1.55 bits per heavy atom. The third kappa shape index (κ3) is 5.21. The summed E-state index contributed by atoms with van der Waals surface area (Å²) < 4.78 is 12.7. The molecule has 0 unspecified atom stereocenters. The molecule has 0 spiro atoms. The van der Waals surface area contributed by atoms with E-state index in [0.717, 1.165) is 81.9 Å². The minimum atomic E-state index is 0.934. The Hall–Kier alpha value is -6.32. The lowest BCUT2D eigenvalue weighted by molar-refractivity contribution is 0.546. The van der Waals surface area contributed by atoms with E-state index < -0.39 is 0 Å². The van der Waals surface area contributed by atoms with Crippen molar-refractivity contribution in [3.63, 3.8) is 0 Å². The second-order valence-corrected chi connectivity index (χ2v) is 13.5. The van der Waals surface area contributed by atoms with Crippen LogP contribution < -0.4 is 4.90 Å². The van der Waals surface area contributed by atoms with Crippen molar-refractivity contribution >= 4 is 51.2 Å². The molecule has 6 aromatic carbocycles. The number of aryl methyl sites for hydroxylation is 2. The highest BCUT2D eigenvalue weighted by Crippen LogP contribution is 2.43. The van der Waals surface area contributed by atoms with Crippen LogP contribution in [0.2, 0.25) is 0 Å². The highest BCUT2D eigenvalue weighted by atomic mass is 16.3. The molecule has 0 aliphatic heterocycles. The highest BCUT2D eigenvalue weighted by molar-refractivity contribution is 5.99. The maximum atomic E-state index is 6.46. The van der Waals surface area contributed by atoms with Gasteiger partial charge in [-0.2, -0.15) is 0 Å². The van der Waals surface area contributed by atoms with Crippen LogP contribution in [0.1, 0.15) is 35.5 Å². The van der Waals surface area contributed by atoms with Gasteiger partial charge in [-0.1, -0.05) is 109 Å². The number of hydrogen-bond donors (Lipinski definition) is 0. The Balaban J connectivity index is 1.10. The van der Waals surface area contributed by atoms with Crippen LogP contribution in [0.15, 0.2) is 161 Å². The molecule has 3 heteroatoms. The smallest absolute Gasteiger partial charge is 0.135 e. The monoisotopic (exact) mass is 657 g/mol. The van der Waals surface area contributed by atoms with Crippen molar-refractivity contribution in [1.29, 1.82) is 0 Å². The molecule has 0 fully saturated rings. The van der Waals surface area contributed by atoms with Gasteiger partial charge in [-0.25, -0.2) is 0 Å². The van der Waals surface area contributed by atoms with Crippen molar-refractivity contribution in [3.8, 4) is 33.4 Å². The van der Waals surface area contributed by atoms with Crippen molar-refractivity contribution in [1.82, 2.24) is 0 Å². The number of furan rings is 2.